The summed E-state index contributed by atoms with van der Waals surface area (Å²) < 4.78 is 5.47. The van der Waals surface area contributed by atoms with Gasteiger partial charge in [-0.2, -0.15) is 0 Å². The van der Waals surface area contributed by atoms with Crippen LogP contribution in [0.4, 0.5) is 0 Å². The first-order valence-electron chi connectivity index (χ1n) is 33.1. The maximum absolute atomic E-state index is 12.5. The van der Waals surface area contributed by atoms with Gasteiger partial charge < -0.3 is 20.3 Å². The monoisotopic (exact) mass is 1030 g/mol. The first-order chi connectivity index (χ1) is 36.0. The molecule has 0 spiro atoms. The van der Waals surface area contributed by atoms with E-state index in [1.807, 2.05) is 0 Å². The molecule has 0 fully saturated rings. The zero-order valence-electron chi connectivity index (χ0n) is 49.4. The molecule has 0 saturated carbocycles. The summed E-state index contributed by atoms with van der Waals surface area (Å²) in [5.74, 6) is -0.0229. The number of carbonyl (C=O) groups is 2. The Labute approximate surface area is 456 Å². The normalized spacial score (nSPS) is 12.7. The standard InChI is InChI=1S/C67H129NO5/c1-3-5-7-9-11-13-15-39-43-47-51-55-59-65(70)64(63-69)68-66(71)60-56-52-48-44-40-37-35-33-31-29-27-25-23-21-19-17-18-20-22-24-26-28-30-32-34-36-38-42-46-50-54-58-62-73-67(72)61-57-53-49-45-41-16-14-12-10-8-6-4-2/h12,14,20,22,64-65,69-70H,3-11,13,15-19,21,23-63H2,1-2H3,(H,68,71)/b14-12-,22-20-. The molecule has 0 rings (SSSR count). The molecule has 0 bridgehead atoms. The second-order valence-electron chi connectivity index (χ2n) is 22.8. The predicted molar refractivity (Wildman–Crippen MR) is 320 cm³/mol. The van der Waals surface area contributed by atoms with Crippen LogP contribution in [0, 0.1) is 0 Å². The van der Waals surface area contributed by atoms with Gasteiger partial charge in [0.05, 0.1) is 25.4 Å². The molecule has 0 aromatic carbocycles. The summed E-state index contributed by atoms with van der Waals surface area (Å²) in [7, 11) is 0. The second kappa shape index (κ2) is 62.9. The van der Waals surface area contributed by atoms with Gasteiger partial charge in [-0.25, -0.2) is 0 Å². The number of nitrogens with one attached hydrogen (secondary N) is 1. The van der Waals surface area contributed by atoms with Crippen LogP contribution in [0.2, 0.25) is 0 Å². The quantitative estimate of drug-likeness (QED) is 0.0320. The molecule has 6 heteroatoms. The van der Waals surface area contributed by atoms with Crippen LogP contribution in [0.25, 0.3) is 0 Å². The highest BCUT2D eigenvalue weighted by Gasteiger charge is 2.20. The number of aliphatic hydroxyl groups is 2. The lowest BCUT2D eigenvalue weighted by molar-refractivity contribution is -0.143. The van der Waals surface area contributed by atoms with E-state index >= 15 is 0 Å². The summed E-state index contributed by atoms with van der Waals surface area (Å²) in [4.78, 5) is 24.5. The molecule has 0 aromatic rings. The number of hydrogen-bond acceptors (Lipinski definition) is 5. The number of carbonyl (C=O) groups excluding carboxylic acids is 2. The molecule has 0 aliphatic carbocycles. The van der Waals surface area contributed by atoms with Crippen molar-refractivity contribution in [3.05, 3.63) is 24.3 Å². The lowest BCUT2D eigenvalue weighted by atomic mass is 10.0. The minimum absolute atomic E-state index is 0.00832. The lowest BCUT2D eigenvalue weighted by Gasteiger charge is -2.22. The highest BCUT2D eigenvalue weighted by molar-refractivity contribution is 5.76. The summed E-state index contributed by atoms with van der Waals surface area (Å²) in [5.41, 5.74) is 0. The molecule has 0 aromatic heterocycles. The van der Waals surface area contributed by atoms with E-state index in [-0.39, 0.29) is 18.5 Å². The van der Waals surface area contributed by atoms with Crippen LogP contribution in [0.5, 0.6) is 0 Å². The summed E-state index contributed by atoms with van der Waals surface area (Å²) in [6.07, 6.45) is 77.9. The highest BCUT2D eigenvalue weighted by Crippen LogP contribution is 2.18. The van der Waals surface area contributed by atoms with Crippen molar-refractivity contribution in [2.45, 2.75) is 379 Å². The summed E-state index contributed by atoms with van der Waals surface area (Å²) in [6, 6.07) is -0.538. The maximum Gasteiger partial charge on any atom is 0.305 e. The Morgan fingerprint density at radius 1 is 0.370 bits per heavy atom. The van der Waals surface area contributed by atoms with Crippen LogP contribution in [0.3, 0.4) is 0 Å². The Morgan fingerprint density at radius 3 is 1.00 bits per heavy atom. The fourth-order valence-electron chi connectivity index (χ4n) is 10.4. The molecule has 0 radical (unpaired) electrons. The third kappa shape index (κ3) is 59.4. The highest BCUT2D eigenvalue weighted by atomic mass is 16.5. The van der Waals surface area contributed by atoms with Crippen LogP contribution >= 0.6 is 0 Å². The molecule has 3 N–H and O–H groups in total. The zero-order valence-corrected chi connectivity index (χ0v) is 49.4. The number of rotatable bonds is 62. The minimum Gasteiger partial charge on any atom is -0.466 e. The molecule has 2 unspecified atom stereocenters. The summed E-state index contributed by atoms with van der Waals surface area (Å²) in [6.45, 7) is 4.94. The average molecular weight is 1030 g/mol. The smallest absolute Gasteiger partial charge is 0.305 e. The van der Waals surface area contributed by atoms with E-state index in [9.17, 15) is 19.8 Å². The summed E-state index contributed by atoms with van der Waals surface area (Å²) in [5, 5.41) is 23.2. The largest absolute Gasteiger partial charge is 0.466 e. The van der Waals surface area contributed by atoms with Gasteiger partial charge in [0, 0.05) is 12.8 Å². The number of hydrogen-bond donors (Lipinski definition) is 3. The van der Waals surface area contributed by atoms with Crippen molar-refractivity contribution in [2.75, 3.05) is 13.2 Å². The van der Waals surface area contributed by atoms with Gasteiger partial charge in [0.25, 0.3) is 0 Å². The van der Waals surface area contributed by atoms with Crippen molar-refractivity contribution in [2.24, 2.45) is 0 Å². The first kappa shape index (κ1) is 71.3. The van der Waals surface area contributed by atoms with E-state index in [2.05, 4.69) is 43.5 Å². The maximum atomic E-state index is 12.5. The van der Waals surface area contributed by atoms with Crippen molar-refractivity contribution < 1.29 is 24.5 Å². The topological polar surface area (TPSA) is 95.9 Å². The van der Waals surface area contributed by atoms with E-state index in [4.69, 9.17) is 4.74 Å². The predicted octanol–water partition coefficient (Wildman–Crippen LogP) is 21.0. The van der Waals surface area contributed by atoms with Crippen molar-refractivity contribution in [1.82, 2.24) is 5.32 Å². The van der Waals surface area contributed by atoms with Gasteiger partial charge >= 0.3 is 5.97 Å². The molecule has 0 heterocycles. The lowest BCUT2D eigenvalue weighted by Crippen LogP contribution is -2.45. The third-order valence-electron chi connectivity index (χ3n) is 15.5. The molecule has 1 amide bonds. The molecule has 0 aliphatic heterocycles. The number of aliphatic hydroxyl groups excluding tert-OH is 2. The number of allylic oxidation sites excluding steroid dienone is 4. The molecule has 2 atom stereocenters. The van der Waals surface area contributed by atoms with Gasteiger partial charge in [0.1, 0.15) is 0 Å². The molecule has 0 saturated heterocycles. The molecule has 73 heavy (non-hydrogen) atoms. The third-order valence-corrected chi connectivity index (χ3v) is 15.5. The van der Waals surface area contributed by atoms with Gasteiger partial charge in [-0.15, -0.1) is 0 Å². The fourth-order valence-corrected chi connectivity index (χ4v) is 10.4. The van der Waals surface area contributed by atoms with E-state index in [1.54, 1.807) is 0 Å². The van der Waals surface area contributed by atoms with E-state index in [0.29, 0.717) is 25.9 Å². The van der Waals surface area contributed by atoms with Crippen LogP contribution in [0.15, 0.2) is 24.3 Å². The van der Waals surface area contributed by atoms with Crippen LogP contribution < -0.4 is 5.32 Å². The van der Waals surface area contributed by atoms with Gasteiger partial charge in [0.15, 0.2) is 0 Å². The molecule has 432 valence electrons. The molecular weight excluding hydrogens is 899 g/mol. The van der Waals surface area contributed by atoms with Gasteiger partial charge in [-0.1, -0.05) is 301 Å². The van der Waals surface area contributed by atoms with Crippen molar-refractivity contribution >= 4 is 11.9 Å². The Morgan fingerprint density at radius 2 is 0.644 bits per heavy atom. The van der Waals surface area contributed by atoms with Gasteiger partial charge in [-0.05, 0) is 77.0 Å². The second-order valence-corrected chi connectivity index (χ2v) is 22.8. The average Bonchev–Trinajstić information content (AvgIpc) is 3.39. The van der Waals surface area contributed by atoms with E-state index in [0.717, 1.165) is 44.9 Å². The van der Waals surface area contributed by atoms with Crippen LogP contribution in [-0.4, -0.2) is 47.4 Å². The molecular formula is C67H129NO5. The van der Waals surface area contributed by atoms with Crippen molar-refractivity contribution in [3.8, 4) is 0 Å². The van der Waals surface area contributed by atoms with Gasteiger partial charge in [0.2, 0.25) is 5.91 Å². The first-order valence-corrected chi connectivity index (χ1v) is 33.1. The molecule has 6 nitrogen and oxygen atoms in total. The van der Waals surface area contributed by atoms with Crippen molar-refractivity contribution in [3.63, 3.8) is 0 Å². The Bertz CT molecular complexity index is 1140. The Hall–Kier alpha value is -1.66. The SMILES string of the molecule is CCCCC/C=C\CCCCCCCC(=O)OCCCCCCCCCCCCCC/C=C\CCCCCCCCCCCCCCCCCCC(=O)NC(CO)C(O)CCCCCCCCCCCCCC. The van der Waals surface area contributed by atoms with E-state index < -0.39 is 12.1 Å². The number of unbranched alkanes of at least 4 members (excludes halogenated alkanes) is 47. The van der Waals surface area contributed by atoms with E-state index in [1.165, 1.54) is 289 Å². The summed E-state index contributed by atoms with van der Waals surface area (Å²) >= 11 is 0. The minimum atomic E-state index is -0.661. The zero-order chi connectivity index (χ0) is 52.9. The number of ether oxygens (including phenoxy) is 1. The van der Waals surface area contributed by atoms with Gasteiger partial charge in [-0.3, -0.25) is 9.59 Å². The molecule has 0 aliphatic rings. The Kier molecular flexibility index (Phi) is 61.4. The van der Waals surface area contributed by atoms with Crippen LogP contribution in [-0.2, 0) is 14.3 Å². The number of amides is 1. The van der Waals surface area contributed by atoms with Crippen LogP contribution in [0.1, 0.15) is 367 Å². The number of esters is 1. The fraction of sp³-hybridized carbons (Fsp3) is 0.910. The Balaban J connectivity index is 3.34. The van der Waals surface area contributed by atoms with Crippen molar-refractivity contribution in [1.29, 1.82) is 0 Å².